The summed E-state index contributed by atoms with van der Waals surface area (Å²) in [5.74, 6) is 0.602. The summed E-state index contributed by atoms with van der Waals surface area (Å²) in [6.45, 7) is 1.94. The van der Waals surface area contributed by atoms with Crippen LogP contribution in [0, 0.1) is 0 Å². The molecular formula is C5H10Cl2O3P+. The summed E-state index contributed by atoms with van der Waals surface area (Å²) < 4.78 is 20.2. The second kappa shape index (κ2) is 7.26. The molecule has 0 amide bonds. The second-order valence-electron chi connectivity index (χ2n) is 1.82. The van der Waals surface area contributed by atoms with E-state index in [1.54, 1.807) is 6.92 Å². The monoisotopic (exact) mass is 219 g/mol. The Hall–Kier alpha value is 0.600. The second-order valence-corrected chi connectivity index (χ2v) is 3.42. The average Bonchev–Trinajstić information content (AvgIpc) is 2.00. The smallest absolute Gasteiger partial charge is 0.124 e. The number of rotatable bonds is 6. The van der Waals surface area contributed by atoms with Gasteiger partial charge in [-0.2, -0.15) is 0 Å². The molecule has 0 radical (unpaired) electrons. The molecule has 11 heavy (non-hydrogen) atoms. The molecule has 0 bridgehead atoms. The van der Waals surface area contributed by atoms with Gasteiger partial charge in [0.15, 0.2) is 0 Å². The van der Waals surface area contributed by atoms with E-state index >= 15 is 0 Å². The largest absolute Gasteiger partial charge is 0.697 e. The maximum atomic E-state index is 10.8. The minimum atomic E-state index is -2.05. The van der Waals surface area contributed by atoms with Crippen LogP contribution >= 0.6 is 31.5 Å². The molecule has 66 valence electrons. The molecule has 0 rings (SSSR count). The van der Waals surface area contributed by atoms with Crippen LogP contribution in [-0.4, -0.2) is 24.5 Å². The standard InChI is InChI=1S/C5H10Cl2O3P/c1-5(4-7)10-11(8)9-3-2-6/h5H,2-4H2,1H3/q+1. The van der Waals surface area contributed by atoms with E-state index in [0.29, 0.717) is 11.8 Å². The van der Waals surface area contributed by atoms with Crippen LogP contribution in [0.5, 0.6) is 0 Å². The van der Waals surface area contributed by atoms with Crippen molar-refractivity contribution in [1.82, 2.24) is 0 Å². The van der Waals surface area contributed by atoms with E-state index in [1.807, 2.05) is 0 Å². The lowest BCUT2D eigenvalue weighted by Crippen LogP contribution is -2.05. The molecule has 6 heteroatoms. The van der Waals surface area contributed by atoms with E-state index < -0.39 is 8.25 Å². The molecule has 2 unspecified atom stereocenters. The van der Waals surface area contributed by atoms with E-state index in [1.165, 1.54) is 0 Å². The van der Waals surface area contributed by atoms with Gasteiger partial charge in [-0.25, -0.2) is 0 Å². The van der Waals surface area contributed by atoms with E-state index in [2.05, 4.69) is 4.52 Å². The Kier molecular flexibility index (Phi) is 7.66. The fraction of sp³-hybridized carbons (Fsp3) is 1.00. The Morgan fingerprint density at radius 2 is 2.18 bits per heavy atom. The van der Waals surface area contributed by atoms with Gasteiger partial charge in [0.05, 0.1) is 11.8 Å². The minimum absolute atomic E-state index is 0.228. The van der Waals surface area contributed by atoms with E-state index in [0.717, 1.165) is 0 Å². The van der Waals surface area contributed by atoms with Crippen LogP contribution in [0.15, 0.2) is 0 Å². The third kappa shape index (κ3) is 6.98. The SMILES string of the molecule is CC(CCl)O[P+](=O)OCCCl. The highest BCUT2D eigenvalue weighted by Gasteiger charge is 2.23. The first-order chi connectivity index (χ1) is 5.20. The molecule has 0 aliphatic carbocycles. The van der Waals surface area contributed by atoms with Crippen molar-refractivity contribution in [1.29, 1.82) is 0 Å². The summed E-state index contributed by atoms with van der Waals surface area (Å²) in [5, 5.41) is 0. The zero-order valence-electron chi connectivity index (χ0n) is 6.13. The molecule has 2 atom stereocenters. The Morgan fingerprint density at radius 1 is 1.55 bits per heavy atom. The van der Waals surface area contributed by atoms with Crippen LogP contribution in [0.2, 0.25) is 0 Å². The molecule has 0 heterocycles. The topological polar surface area (TPSA) is 35.5 Å². The number of alkyl halides is 2. The maximum Gasteiger partial charge on any atom is 0.697 e. The van der Waals surface area contributed by atoms with Gasteiger partial charge >= 0.3 is 8.25 Å². The lowest BCUT2D eigenvalue weighted by atomic mass is 10.5. The van der Waals surface area contributed by atoms with Crippen molar-refractivity contribution in [2.45, 2.75) is 13.0 Å². The van der Waals surface area contributed by atoms with E-state index in [9.17, 15) is 4.57 Å². The summed E-state index contributed by atoms with van der Waals surface area (Å²) in [7, 11) is -2.05. The lowest BCUT2D eigenvalue weighted by Gasteiger charge is -1.95. The highest BCUT2D eigenvalue weighted by Crippen LogP contribution is 2.25. The summed E-state index contributed by atoms with van der Waals surface area (Å²) in [6.07, 6.45) is -0.254. The number of hydrogen-bond acceptors (Lipinski definition) is 3. The summed E-state index contributed by atoms with van der Waals surface area (Å²) in [6, 6.07) is 0. The lowest BCUT2D eigenvalue weighted by molar-refractivity contribution is 0.195. The van der Waals surface area contributed by atoms with Crippen LogP contribution < -0.4 is 0 Å². The molecule has 0 N–H and O–H groups in total. The first-order valence-electron chi connectivity index (χ1n) is 3.09. The summed E-state index contributed by atoms with van der Waals surface area (Å²) in [5.41, 5.74) is 0. The van der Waals surface area contributed by atoms with Gasteiger partial charge in [-0.15, -0.1) is 32.2 Å². The molecule has 0 aliphatic rings. The average molecular weight is 220 g/mol. The molecule has 0 aliphatic heterocycles. The molecule has 0 spiro atoms. The van der Waals surface area contributed by atoms with E-state index in [4.69, 9.17) is 27.7 Å². The van der Waals surface area contributed by atoms with Gasteiger partial charge in [0.1, 0.15) is 12.7 Å². The van der Waals surface area contributed by atoms with Crippen molar-refractivity contribution in [2.24, 2.45) is 0 Å². The van der Waals surface area contributed by atoms with Crippen molar-refractivity contribution in [3.8, 4) is 0 Å². The van der Waals surface area contributed by atoms with Crippen LogP contribution in [0.25, 0.3) is 0 Å². The summed E-state index contributed by atoms with van der Waals surface area (Å²) in [4.78, 5) is 0. The molecule has 0 aromatic carbocycles. The van der Waals surface area contributed by atoms with Gasteiger partial charge in [0.2, 0.25) is 0 Å². The van der Waals surface area contributed by atoms with Crippen LogP contribution in [0.3, 0.4) is 0 Å². The van der Waals surface area contributed by atoms with Gasteiger partial charge in [0.25, 0.3) is 0 Å². The predicted octanol–water partition coefficient (Wildman–Crippen LogP) is 2.54. The molecule has 0 fully saturated rings. The minimum Gasteiger partial charge on any atom is -0.124 e. The quantitative estimate of drug-likeness (QED) is 0.509. The van der Waals surface area contributed by atoms with Crippen LogP contribution in [-0.2, 0) is 13.6 Å². The predicted molar refractivity (Wildman–Crippen MR) is 45.5 cm³/mol. The highest BCUT2D eigenvalue weighted by atomic mass is 35.5. The molecule has 0 aromatic heterocycles. The van der Waals surface area contributed by atoms with Gasteiger partial charge in [-0.05, 0) is 6.92 Å². The Balaban J connectivity index is 3.36. The number of hydrogen-bond donors (Lipinski definition) is 0. The fourth-order valence-corrected chi connectivity index (χ4v) is 1.32. The molecule has 0 aromatic rings. The first kappa shape index (κ1) is 11.6. The third-order valence-electron chi connectivity index (χ3n) is 0.757. The Morgan fingerprint density at radius 3 is 2.64 bits per heavy atom. The van der Waals surface area contributed by atoms with Gasteiger partial charge < -0.3 is 0 Å². The van der Waals surface area contributed by atoms with Gasteiger partial charge in [-0.3, -0.25) is 0 Å². The van der Waals surface area contributed by atoms with Crippen molar-refractivity contribution < 1.29 is 13.6 Å². The van der Waals surface area contributed by atoms with Crippen LogP contribution in [0.4, 0.5) is 0 Å². The van der Waals surface area contributed by atoms with Crippen molar-refractivity contribution in [3.05, 3.63) is 0 Å². The van der Waals surface area contributed by atoms with Crippen molar-refractivity contribution in [2.75, 3.05) is 18.4 Å². The molecule has 0 saturated carbocycles. The van der Waals surface area contributed by atoms with Gasteiger partial charge in [0, 0.05) is 4.57 Å². The Labute approximate surface area is 76.9 Å². The molecule has 3 nitrogen and oxygen atoms in total. The zero-order valence-corrected chi connectivity index (χ0v) is 8.53. The maximum absolute atomic E-state index is 10.8. The van der Waals surface area contributed by atoms with Crippen molar-refractivity contribution >= 4 is 31.5 Å². The fourth-order valence-electron chi connectivity index (χ4n) is 0.315. The van der Waals surface area contributed by atoms with Crippen LogP contribution in [0.1, 0.15) is 6.92 Å². The first-order valence-corrected chi connectivity index (χ1v) is 5.26. The van der Waals surface area contributed by atoms with Crippen molar-refractivity contribution in [3.63, 3.8) is 0 Å². The normalized spacial score (nSPS) is 14.6. The molecule has 0 saturated heterocycles. The highest BCUT2D eigenvalue weighted by molar-refractivity contribution is 7.33. The third-order valence-corrected chi connectivity index (χ3v) is 2.27. The summed E-state index contributed by atoms with van der Waals surface area (Å²) >= 11 is 10.7. The Bertz CT molecular complexity index is 122. The zero-order chi connectivity index (χ0) is 8.69. The number of halogens is 2. The van der Waals surface area contributed by atoms with Gasteiger partial charge in [-0.1, -0.05) is 0 Å². The molecular weight excluding hydrogens is 210 g/mol. The van der Waals surface area contributed by atoms with E-state index in [-0.39, 0.29) is 12.7 Å².